The number of hydrogen-bond donors (Lipinski definition) is 3. The van der Waals surface area contributed by atoms with Crippen LogP contribution >= 0.6 is 0 Å². The number of ketones is 2. The molecule has 1 aliphatic carbocycles. The Labute approximate surface area is 165 Å². The van der Waals surface area contributed by atoms with Gasteiger partial charge in [0.15, 0.2) is 17.8 Å². The van der Waals surface area contributed by atoms with Crippen LogP contribution in [0.5, 0.6) is 0 Å². The average molecular weight is 401 g/mol. The fourth-order valence-electron chi connectivity index (χ4n) is 3.30. The van der Waals surface area contributed by atoms with Crippen molar-refractivity contribution in [1.82, 2.24) is 15.0 Å². The molecular weight excluding hydrogens is 382 g/mol. The molecule has 2 heterocycles. The fourth-order valence-corrected chi connectivity index (χ4v) is 3.30. The van der Waals surface area contributed by atoms with E-state index in [-0.39, 0.29) is 23.7 Å². The van der Waals surface area contributed by atoms with Gasteiger partial charge in [-0.3, -0.25) is 9.59 Å². The largest absolute Gasteiger partial charge is 0.483 e. The van der Waals surface area contributed by atoms with Crippen LogP contribution in [0.2, 0.25) is 0 Å². The van der Waals surface area contributed by atoms with Gasteiger partial charge in [0.1, 0.15) is 30.6 Å². The zero-order valence-electron chi connectivity index (χ0n) is 15.4. The molecule has 2 aromatic rings. The van der Waals surface area contributed by atoms with Crippen molar-refractivity contribution in [3.05, 3.63) is 59.1 Å². The summed E-state index contributed by atoms with van der Waals surface area (Å²) in [7, 11) is 0. The molecule has 29 heavy (non-hydrogen) atoms. The van der Waals surface area contributed by atoms with Gasteiger partial charge in [-0.15, -0.1) is 5.10 Å². The minimum atomic E-state index is -1.41. The Morgan fingerprint density at radius 2 is 1.83 bits per heavy atom. The van der Waals surface area contributed by atoms with Crippen LogP contribution in [-0.4, -0.2) is 66.3 Å². The predicted molar refractivity (Wildman–Crippen MR) is 95.6 cm³/mol. The predicted octanol–water partition coefficient (Wildman–Crippen LogP) is -0.242. The lowest BCUT2D eigenvalue weighted by Gasteiger charge is -2.38. The summed E-state index contributed by atoms with van der Waals surface area (Å²) in [5, 5.41) is 37.6. The van der Waals surface area contributed by atoms with Crippen molar-refractivity contribution in [3.63, 3.8) is 0 Å². The van der Waals surface area contributed by atoms with Gasteiger partial charge in [-0.1, -0.05) is 29.5 Å². The van der Waals surface area contributed by atoms with Gasteiger partial charge in [-0.05, 0) is 6.92 Å². The van der Waals surface area contributed by atoms with Crippen molar-refractivity contribution in [2.75, 3.05) is 0 Å². The van der Waals surface area contributed by atoms with Crippen LogP contribution in [0.3, 0.4) is 0 Å². The van der Waals surface area contributed by atoms with Crippen molar-refractivity contribution in [3.8, 4) is 0 Å². The smallest absolute Gasteiger partial charge is 0.228 e. The van der Waals surface area contributed by atoms with E-state index in [0.717, 1.165) is 6.08 Å². The topological polar surface area (TPSA) is 144 Å². The maximum atomic E-state index is 12.5. The number of allylic oxidation sites excluding steroid dienone is 2. The molecule has 10 heteroatoms. The molecule has 10 nitrogen and oxygen atoms in total. The van der Waals surface area contributed by atoms with Crippen LogP contribution in [0.25, 0.3) is 0 Å². The summed E-state index contributed by atoms with van der Waals surface area (Å²) in [4.78, 5) is 24.6. The quantitative estimate of drug-likeness (QED) is 0.632. The zero-order chi connectivity index (χ0) is 20.7. The highest BCUT2D eigenvalue weighted by molar-refractivity contribution is 6.23. The molecule has 3 N–H and O–H groups in total. The number of nitrogens with zero attached hydrogens (tertiary/aromatic N) is 3. The van der Waals surface area contributed by atoms with Crippen LogP contribution in [0.15, 0.2) is 42.3 Å². The van der Waals surface area contributed by atoms with E-state index >= 15 is 0 Å². The van der Waals surface area contributed by atoms with Crippen molar-refractivity contribution in [1.29, 1.82) is 0 Å². The van der Waals surface area contributed by atoms with E-state index in [2.05, 4.69) is 10.3 Å². The molecule has 0 bridgehead atoms. The number of aliphatic hydroxyl groups is 3. The first-order valence-corrected chi connectivity index (χ1v) is 8.99. The second-order valence-electron chi connectivity index (χ2n) is 6.93. The van der Waals surface area contributed by atoms with Gasteiger partial charge < -0.3 is 24.8 Å². The first-order valence-electron chi connectivity index (χ1n) is 8.99. The Morgan fingerprint density at radius 3 is 2.59 bits per heavy atom. The number of aromatic nitrogens is 3. The maximum absolute atomic E-state index is 12.5. The third-order valence-corrected chi connectivity index (χ3v) is 4.94. The van der Waals surface area contributed by atoms with E-state index in [9.17, 15) is 24.9 Å². The molecule has 1 saturated heterocycles. The summed E-state index contributed by atoms with van der Waals surface area (Å²) in [6.07, 6.45) is -3.24. The number of carbonyl (C=O) groups is 2. The minimum absolute atomic E-state index is 0.0932. The number of hydrogen-bond acceptors (Lipinski definition) is 9. The van der Waals surface area contributed by atoms with Gasteiger partial charge in [-0.2, -0.15) is 0 Å². The third-order valence-electron chi connectivity index (χ3n) is 4.94. The zero-order valence-corrected chi connectivity index (χ0v) is 15.4. The Hall–Kier alpha value is -2.92. The number of aliphatic hydroxyl groups excluding tert-OH is 3. The molecule has 1 fully saturated rings. The van der Waals surface area contributed by atoms with Gasteiger partial charge in [0.25, 0.3) is 0 Å². The van der Waals surface area contributed by atoms with Crippen LogP contribution in [0, 0.1) is 0 Å². The Balaban J connectivity index is 1.46. The van der Waals surface area contributed by atoms with E-state index in [4.69, 9.17) is 9.47 Å². The summed E-state index contributed by atoms with van der Waals surface area (Å²) in [5.74, 6) is -0.812. The summed E-state index contributed by atoms with van der Waals surface area (Å²) in [5.41, 5.74) is 0.919. The second-order valence-corrected chi connectivity index (χ2v) is 6.93. The van der Waals surface area contributed by atoms with Crippen LogP contribution in [0.4, 0.5) is 0 Å². The lowest BCUT2D eigenvalue weighted by molar-refractivity contribution is -0.243. The molecule has 0 amide bonds. The van der Waals surface area contributed by atoms with Crippen LogP contribution in [0.1, 0.15) is 39.6 Å². The van der Waals surface area contributed by atoms with Crippen molar-refractivity contribution >= 4 is 11.6 Å². The first kappa shape index (κ1) is 19.4. The molecular formula is C19H19N3O7. The minimum Gasteiger partial charge on any atom is -0.483 e. The molecule has 1 aromatic heterocycles. The van der Waals surface area contributed by atoms with E-state index < -0.39 is 36.4 Å². The lowest BCUT2D eigenvalue weighted by atomic mass is 9.94. The molecule has 0 spiro atoms. The van der Waals surface area contributed by atoms with E-state index in [1.807, 2.05) is 0 Å². The summed E-state index contributed by atoms with van der Waals surface area (Å²) in [6, 6.07) is 6.49. The molecule has 0 saturated carbocycles. The maximum Gasteiger partial charge on any atom is 0.228 e. The van der Waals surface area contributed by atoms with E-state index in [1.54, 1.807) is 31.2 Å². The summed E-state index contributed by atoms with van der Waals surface area (Å²) >= 11 is 0. The molecule has 0 unspecified atom stereocenters. The summed E-state index contributed by atoms with van der Waals surface area (Å²) < 4.78 is 12.2. The number of Topliss-reactive ketones (excluding diaryl/α,β-unsaturated/α-hetero) is 1. The van der Waals surface area contributed by atoms with Gasteiger partial charge >= 0.3 is 0 Å². The standard InChI is InChI=1S/C19H19N3O7/c1-9-15(24)17(26)18(27)19(29-9)22-7-10(20-21-22)8-28-14-6-13(23)11-4-2-3-5-12(11)16(14)25/h2-7,9,15,17-19,24,26-27H,8H2,1H3/t9-,15+,17+,18-,19-/m0/s1. The highest BCUT2D eigenvalue weighted by Gasteiger charge is 2.43. The molecule has 5 atom stereocenters. The SMILES string of the molecule is C[C@@H]1O[C@H](n2cc(COC3=CC(=O)c4ccccc4C3=O)nn2)[C@@H](O)[C@H](O)[C@@H]1O. The normalized spacial score (nSPS) is 29.4. The number of fused-ring (bicyclic) bond motifs is 1. The van der Waals surface area contributed by atoms with Gasteiger partial charge in [0.2, 0.25) is 5.78 Å². The number of rotatable bonds is 4. The molecule has 1 aliphatic heterocycles. The van der Waals surface area contributed by atoms with Gasteiger partial charge in [0.05, 0.1) is 12.3 Å². The van der Waals surface area contributed by atoms with Crippen molar-refractivity contribution < 1.29 is 34.4 Å². The fraction of sp³-hybridized carbons (Fsp3) is 0.368. The highest BCUT2D eigenvalue weighted by atomic mass is 16.5. The molecule has 1 aromatic carbocycles. The third kappa shape index (κ3) is 3.47. The second kappa shape index (κ2) is 7.48. The molecule has 2 aliphatic rings. The lowest BCUT2D eigenvalue weighted by Crippen LogP contribution is -2.54. The Bertz CT molecular complexity index is 986. The summed E-state index contributed by atoms with van der Waals surface area (Å²) in [6.45, 7) is 1.42. The van der Waals surface area contributed by atoms with Crippen molar-refractivity contribution in [2.45, 2.75) is 44.2 Å². The monoisotopic (exact) mass is 401 g/mol. The number of carbonyl (C=O) groups excluding carboxylic acids is 2. The van der Waals surface area contributed by atoms with Crippen LogP contribution in [-0.2, 0) is 16.1 Å². The van der Waals surface area contributed by atoms with Gasteiger partial charge in [-0.25, -0.2) is 4.68 Å². The highest BCUT2D eigenvalue weighted by Crippen LogP contribution is 2.28. The van der Waals surface area contributed by atoms with E-state index in [0.29, 0.717) is 11.3 Å². The number of benzene rings is 1. The first-order chi connectivity index (χ1) is 13.9. The number of ether oxygens (including phenoxy) is 2. The van der Waals surface area contributed by atoms with E-state index in [1.165, 1.54) is 10.9 Å². The Morgan fingerprint density at radius 1 is 1.10 bits per heavy atom. The Kier molecular flexibility index (Phi) is 5.01. The molecule has 0 radical (unpaired) electrons. The van der Waals surface area contributed by atoms with Gasteiger partial charge in [0, 0.05) is 17.2 Å². The molecule has 4 rings (SSSR count). The van der Waals surface area contributed by atoms with Crippen LogP contribution < -0.4 is 0 Å². The van der Waals surface area contributed by atoms with Crippen molar-refractivity contribution in [2.24, 2.45) is 0 Å². The average Bonchev–Trinajstić information content (AvgIpc) is 3.19. The molecule has 152 valence electrons.